The molecule has 24 heavy (non-hydrogen) atoms. The molecule has 5 heteroatoms. The fourth-order valence-electron chi connectivity index (χ4n) is 3.02. The van der Waals surface area contributed by atoms with Gasteiger partial charge >= 0.3 is 0 Å². The minimum Gasteiger partial charge on any atom is -0.375 e. The number of likely N-dealkylation sites (tertiary alicyclic amines) is 1. The van der Waals surface area contributed by atoms with Gasteiger partial charge in [-0.2, -0.15) is 0 Å². The zero-order valence-corrected chi connectivity index (χ0v) is 15.1. The van der Waals surface area contributed by atoms with Gasteiger partial charge in [0.15, 0.2) is 5.96 Å². The van der Waals surface area contributed by atoms with E-state index in [9.17, 15) is 0 Å². The van der Waals surface area contributed by atoms with Crippen LogP contribution in [-0.4, -0.2) is 57.2 Å². The van der Waals surface area contributed by atoms with Gasteiger partial charge in [-0.1, -0.05) is 36.8 Å². The Kier molecular flexibility index (Phi) is 8.63. The van der Waals surface area contributed by atoms with Crippen molar-refractivity contribution in [3.8, 4) is 0 Å². The zero-order valence-electron chi connectivity index (χ0n) is 15.1. The Balaban J connectivity index is 1.82. The molecule has 1 atom stereocenters. The van der Waals surface area contributed by atoms with Gasteiger partial charge in [-0.15, -0.1) is 0 Å². The fourth-order valence-corrected chi connectivity index (χ4v) is 3.02. The Morgan fingerprint density at radius 3 is 2.58 bits per heavy atom. The van der Waals surface area contributed by atoms with E-state index in [0.29, 0.717) is 6.54 Å². The molecule has 0 aliphatic carbocycles. The number of hydrogen-bond acceptors (Lipinski definition) is 3. The van der Waals surface area contributed by atoms with Crippen LogP contribution in [0.2, 0.25) is 0 Å². The highest BCUT2D eigenvalue weighted by Gasteiger charge is 2.11. The normalized spacial score (nSPS) is 17.5. The molecule has 0 amide bonds. The Morgan fingerprint density at radius 1 is 1.17 bits per heavy atom. The molecule has 2 rings (SSSR count). The van der Waals surface area contributed by atoms with E-state index in [1.165, 1.54) is 32.4 Å². The summed E-state index contributed by atoms with van der Waals surface area (Å²) >= 11 is 0. The van der Waals surface area contributed by atoms with Gasteiger partial charge in [0, 0.05) is 26.7 Å². The van der Waals surface area contributed by atoms with Crippen molar-refractivity contribution in [3.63, 3.8) is 0 Å². The third-order valence-corrected chi connectivity index (χ3v) is 4.38. The van der Waals surface area contributed by atoms with Crippen molar-refractivity contribution in [2.24, 2.45) is 4.99 Å². The van der Waals surface area contributed by atoms with Gasteiger partial charge in [-0.25, -0.2) is 0 Å². The molecule has 1 unspecified atom stereocenters. The van der Waals surface area contributed by atoms with Crippen LogP contribution in [0.25, 0.3) is 0 Å². The highest BCUT2D eigenvalue weighted by molar-refractivity contribution is 5.79. The number of hydrogen-bond donors (Lipinski definition) is 2. The summed E-state index contributed by atoms with van der Waals surface area (Å²) in [4.78, 5) is 7.22. The predicted octanol–water partition coefficient (Wildman–Crippen LogP) is 2.42. The average Bonchev–Trinajstić information content (AvgIpc) is 2.64. The van der Waals surface area contributed by atoms with Gasteiger partial charge in [-0.3, -0.25) is 4.99 Å². The van der Waals surface area contributed by atoms with E-state index in [0.717, 1.165) is 31.2 Å². The van der Waals surface area contributed by atoms with E-state index in [2.05, 4.69) is 34.6 Å². The lowest BCUT2D eigenvalue weighted by molar-refractivity contribution is 0.111. The monoisotopic (exact) mass is 332 g/mol. The predicted molar refractivity (Wildman–Crippen MR) is 100 cm³/mol. The van der Waals surface area contributed by atoms with Crippen LogP contribution in [0.3, 0.4) is 0 Å². The largest absolute Gasteiger partial charge is 0.375 e. The lowest BCUT2D eigenvalue weighted by Gasteiger charge is -2.26. The van der Waals surface area contributed by atoms with Gasteiger partial charge in [0.05, 0.1) is 6.54 Å². The maximum absolute atomic E-state index is 5.59. The molecule has 1 aliphatic heterocycles. The molecule has 1 fully saturated rings. The van der Waals surface area contributed by atoms with Crippen molar-refractivity contribution in [3.05, 3.63) is 35.9 Å². The molecule has 1 aliphatic rings. The Hall–Kier alpha value is -1.59. The molecule has 1 heterocycles. The minimum absolute atomic E-state index is 0.0104. The summed E-state index contributed by atoms with van der Waals surface area (Å²) in [6.45, 7) is 8.03. The van der Waals surface area contributed by atoms with Crippen LogP contribution in [0.5, 0.6) is 0 Å². The molecule has 1 aromatic carbocycles. The second-order valence-electron chi connectivity index (χ2n) is 6.18. The molecule has 0 aromatic heterocycles. The zero-order chi connectivity index (χ0) is 17.0. The highest BCUT2D eigenvalue weighted by Crippen LogP contribution is 2.16. The lowest BCUT2D eigenvalue weighted by Crippen LogP contribution is -2.42. The van der Waals surface area contributed by atoms with Gasteiger partial charge < -0.3 is 20.3 Å². The van der Waals surface area contributed by atoms with Crippen molar-refractivity contribution < 1.29 is 4.74 Å². The first-order chi connectivity index (χ1) is 11.8. The molecule has 0 bridgehead atoms. The summed E-state index contributed by atoms with van der Waals surface area (Å²) in [5.74, 6) is 0.868. The van der Waals surface area contributed by atoms with Gasteiger partial charge in [0.2, 0.25) is 0 Å². The first kappa shape index (κ1) is 18.7. The Bertz CT molecular complexity index is 472. The van der Waals surface area contributed by atoms with Crippen molar-refractivity contribution in [2.75, 3.05) is 46.4 Å². The topological polar surface area (TPSA) is 48.9 Å². The molecule has 0 saturated carbocycles. The number of ether oxygens (including phenoxy) is 1. The third-order valence-electron chi connectivity index (χ3n) is 4.38. The van der Waals surface area contributed by atoms with E-state index in [4.69, 9.17) is 9.73 Å². The number of guanidine groups is 1. The van der Waals surface area contributed by atoms with Crippen molar-refractivity contribution in [2.45, 2.75) is 32.3 Å². The minimum atomic E-state index is -0.0104. The number of nitrogens with zero attached hydrogens (tertiary/aromatic N) is 2. The van der Waals surface area contributed by atoms with Gasteiger partial charge in [0.1, 0.15) is 6.10 Å². The first-order valence-corrected chi connectivity index (χ1v) is 9.15. The average molecular weight is 332 g/mol. The summed E-state index contributed by atoms with van der Waals surface area (Å²) in [6, 6.07) is 10.3. The molecule has 0 radical (unpaired) electrons. The molecular formula is C19H32N4O. The van der Waals surface area contributed by atoms with Crippen molar-refractivity contribution >= 4 is 5.96 Å². The summed E-state index contributed by atoms with van der Waals surface area (Å²) < 4.78 is 5.59. The number of methoxy groups -OCH3 is 1. The van der Waals surface area contributed by atoms with Crippen LogP contribution in [0.4, 0.5) is 0 Å². The molecular weight excluding hydrogens is 300 g/mol. The first-order valence-electron chi connectivity index (χ1n) is 9.15. The SMILES string of the molecule is CCNC(=NCC(OC)c1ccccc1)NCCN1CCCCC1. The molecule has 1 saturated heterocycles. The number of nitrogens with one attached hydrogen (secondary N) is 2. The number of benzene rings is 1. The third kappa shape index (κ3) is 6.49. The Labute approximate surface area is 146 Å². The quantitative estimate of drug-likeness (QED) is 0.567. The number of rotatable bonds is 8. The van der Waals surface area contributed by atoms with Gasteiger partial charge in [0.25, 0.3) is 0 Å². The van der Waals surface area contributed by atoms with Crippen LogP contribution in [-0.2, 0) is 4.74 Å². The second kappa shape index (κ2) is 11.0. The van der Waals surface area contributed by atoms with Crippen LogP contribution >= 0.6 is 0 Å². The summed E-state index contributed by atoms with van der Waals surface area (Å²) in [5.41, 5.74) is 1.16. The fraction of sp³-hybridized carbons (Fsp3) is 0.632. The van der Waals surface area contributed by atoms with E-state index in [-0.39, 0.29) is 6.10 Å². The van der Waals surface area contributed by atoms with E-state index < -0.39 is 0 Å². The van der Waals surface area contributed by atoms with E-state index in [1.54, 1.807) is 7.11 Å². The number of aliphatic imine (C=N–C) groups is 1. The molecule has 0 spiro atoms. The van der Waals surface area contributed by atoms with Gasteiger partial charge in [-0.05, 0) is 38.4 Å². The Morgan fingerprint density at radius 2 is 1.92 bits per heavy atom. The maximum atomic E-state index is 5.59. The van der Waals surface area contributed by atoms with Crippen LogP contribution in [0.1, 0.15) is 37.9 Å². The van der Waals surface area contributed by atoms with Crippen molar-refractivity contribution in [1.82, 2.24) is 15.5 Å². The maximum Gasteiger partial charge on any atom is 0.191 e. The second-order valence-corrected chi connectivity index (χ2v) is 6.18. The highest BCUT2D eigenvalue weighted by atomic mass is 16.5. The summed E-state index contributed by atoms with van der Waals surface area (Å²) in [5, 5.41) is 6.76. The summed E-state index contributed by atoms with van der Waals surface area (Å²) in [7, 11) is 1.74. The molecule has 2 N–H and O–H groups in total. The van der Waals surface area contributed by atoms with Crippen LogP contribution in [0, 0.1) is 0 Å². The smallest absolute Gasteiger partial charge is 0.191 e. The standard InChI is InChI=1S/C19H32N4O/c1-3-20-19(21-12-15-23-13-8-5-9-14-23)22-16-18(24-2)17-10-6-4-7-11-17/h4,6-7,10-11,18H,3,5,8-9,12-16H2,1-2H3,(H2,20,21,22). The molecule has 134 valence electrons. The van der Waals surface area contributed by atoms with E-state index in [1.807, 2.05) is 18.2 Å². The van der Waals surface area contributed by atoms with Crippen LogP contribution < -0.4 is 10.6 Å². The molecule has 5 nitrogen and oxygen atoms in total. The van der Waals surface area contributed by atoms with E-state index >= 15 is 0 Å². The van der Waals surface area contributed by atoms with Crippen molar-refractivity contribution in [1.29, 1.82) is 0 Å². The van der Waals surface area contributed by atoms with Crippen LogP contribution in [0.15, 0.2) is 35.3 Å². The number of piperidine rings is 1. The lowest BCUT2D eigenvalue weighted by atomic mass is 10.1. The summed E-state index contributed by atoms with van der Waals surface area (Å²) in [6.07, 6.45) is 4.04. The molecule has 1 aromatic rings.